The molecule has 2 N–H and O–H groups in total. The van der Waals surface area contributed by atoms with Gasteiger partial charge in [-0.25, -0.2) is 0 Å². The van der Waals surface area contributed by atoms with Gasteiger partial charge in [-0.1, -0.05) is 0 Å². The number of piperazine rings is 1. The van der Waals surface area contributed by atoms with Crippen LogP contribution < -0.4 is 10.6 Å². The molecule has 0 aliphatic carbocycles. The number of carbonyl (C=O) groups is 2. The topological polar surface area (TPSA) is 87.5 Å². The van der Waals surface area contributed by atoms with Crippen LogP contribution in [0.3, 0.4) is 0 Å². The minimum absolute atomic E-state index is 0.245. The summed E-state index contributed by atoms with van der Waals surface area (Å²) < 4.78 is 5.29. The monoisotopic (exact) mass is 328 g/mol. The Morgan fingerprint density at radius 2 is 2.17 bits per heavy atom. The number of furan rings is 1. The third-order valence-electron chi connectivity index (χ3n) is 4.04. The number of nitrogens with one attached hydrogen (secondary N) is 2. The van der Waals surface area contributed by atoms with Crippen molar-refractivity contribution in [2.75, 3.05) is 25.0 Å². The summed E-state index contributed by atoms with van der Waals surface area (Å²) in [6.45, 7) is 5.18. The summed E-state index contributed by atoms with van der Waals surface area (Å²) in [5.74, 6) is -0.224. The number of pyridine rings is 1. The van der Waals surface area contributed by atoms with Crippen molar-refractivity contribution < 1.29 is 14.0 Å². The molecule has 1 saturated heterocycles. The fourth-order valence-corrected chi connectivity index (χ4v) is 2.67. The number of nitrogens with zero attached hydrogens (tertiary/aromatic N) is 2. The molecule has 0 aromatic carbocycles. The van der Waals surface area contributed by atoms with Gasteiger partial charge in [-0.15, -0.1) is 0 Å². The van der Waals surface area contributed by atoms with Gasteiger partial charge in [-0.2, -0.15) is 0 Å². The van der Waals surface area contributed by atoms with Crippen LogP contribution in [0.25, 0.3) is 0 Å². The Bertz CT molecular complexity index is 739. The predicted octanol–water partition coefficient (Wildman–Crippen LogP) is 1.34. The van der Waals surface area contributed by atoms with Crippen LogP contribution in [-0.4, -0.2) is 47.4 Å². The SMILES string of the molecule is Cc1ccc(NC(=O)[C@H]2CNCCN2C(=O)c2occc2C)cn1. The lowest BCUT2D eigenvalue weighted by Gasteiger charge is -2.34. The van der Waals surface area contributed by atoms with E-state index in [0.717, 1.165) is 11.3 Å². The van der Waals surface area contributed by atoms with Gasteiger partial charge in [0.15, 0.2) is 5.76 Å². The number of hydrogen-bond donors (Lipinski definition) is 2. The molecule has 24 heavy (non-hydrogen) atoms. The molecule has 0 radical (unpaired) electrons. The highest BCUT2D eigenvalue weighted by Gasteiger charge is 2.34. The van der Waals surface area contributed by atoms with E-state index < -0.39 is 6.04 Å². The highest BCUT2D eigenvalue weighted by atomic mass is 16.3. The van der Waals surface area contributed by atoms with Gasteiger partial charge in [0, 0.05) is 30.9 Å². The van der Waals surface area contributed by atoms with E-state index in [0.29, 0.717) is 25.3 Å². The molecule has 7 nitrogen and oxygen atoms in total. The maximum atomic E-state index is 12.7. The van der Waals surface area contributed by atoms with Crippen LogP contribution in [0.5, 0.6) is 0 Å². The lowest BCUT2D eigenvalue weighted by atomic mass is 10.1. The average molecular weight is 328 g/mol. The predicted molar refractivity (Wildman–Crippen MR) is 88.7 cm³/mol. The highest BCUT2D eigenvalue weighted by molar-refractivity contribution is 6.00. The first-order valence-corrected chi connectivity index (χ1v) is 7.85. The minimum Gasteiger partial charge on any atom is -0.459 e. The highest BCUT2D eigenvalue weighted by Crippen LogP contribution is 2.16. The molecule has 2 aromatic heterocycles. The summed E-state index contributed by atoms with van der Waals surface area (Å²) in [5.41, 5.74) is 2.25. The Morgan fingerprint density at radius 1 is 1.33 bits per heavy atom. The van der Waals surface area contributed by atoms with Crippen LogP contribution in [0, 0.1) is 13.8 Å². The van der Waals surface area contributed by atoms with Gasteiger partial charge in [0.05, 0.1) is 18.1 Å². The van der Waals surface area contributed by atoms with Gasteiger partial charge in [0.1, 0.15) is 6.04 Å². The van der Waals surface area contributed by atoms with E-state index in [1.165, 1.54) is 6.26 Å². The van der Waals surface area contributed by atoms with E-state index >= 15 is 0 Å². The summed E-state index contributed by atoms with van der Waals surface area (Å²) in [5, 5.41) is 5.97. The second kappa shape index (κ2) is 6.84. The Morgan fingerprint density at radius 3 is 2.83 bits per heavy atom. The number of rotatable bonds is 3. The normalized spacial score (nSPS) is 17.6. The Balaban J connectivity index is 1.76. The van der Waals surface area contributed by atoms with Gasteiger partial charge < -0.3 is 20.0 Å². The van der Waals surface area contributed by atoms with Crippen molar-refractivity contribution in [2.45, 2.75) is 19.9 Å². The third-order valence-corrected chi connectivity index (χ3v) is 4.04. The van der Waals surface area contributed by atoms with Crippen molar-refractivity contribution in [1.82, 2.24) is 15.2 Å². The zero-order valence-corrected chi connectivity index (χ0v) is 13.7. The zero-order valence-electron chi connectivity index (χ0n) is 13.7. The molecule has 2 amide bonds. The molecule has 3 rings (SSSR count). The largest absolute Gasteiger partial charge is 0.459 e. The van der Waals surface area contributed by atoms with E-state index in [9.17, 15) is 9.59 Å². The van der Waals surface area contributed by atoms with E-state index in [4.69, 9.17) is 4.42 Å². The first-order valence-electron chi connectivity index (χ1n) is 7.85. The minimum atomic E-state index is -0.600. The number of anilines is 1. The molecule has 1 aliphatic heterocycles. The third kappa shape index (κ3) is 3.30. The van der Waals surface area contributed by atoms with Gasteiger partial charge in [0.2, 0.25) is 5.91 Å². The van der Waals surface area contributed by atoms with Crippen molar-refractivity contribution in [3.8, 4) is 0 Å². The molecule has 1 aliphatic rings. The molecule has 0 unspecified atom stereocenters. The van der Waals surface area contributed by atoms with Gasteiger partial charge in [0.25, 0.3) is 5.91 Å². The average Bonchev–Trinajstić information content (AvgIpc) is 3.02. The summed E-state index contributed by atoms with van der Waals surface area (Å²) in [6.07, 6.45) is 3.09. The Labute approximate surface area is 140 Å². The molecule has 0 spiro atoms. The standard InChI is InChI=1S/C17H20N4O3/c1-11-5-8-24-15(11)17(23)21-7-6-18-10-14(21)16(22)20-13-4-3-12(2)19-9-13/h3-5,8-9,14,18H,6-7,10H2,1-2H3,(H,20,22)/t14-/m1/s1. The molecule has 2 aromatic rings. The van der Waals surface area contributed by atoms with Crippen LogP contribution in [0.4, 0.5) is 5.69 Å². The summed E-state index contributed by atoms with van der Waals surface area (Å²) >= 11 is 0. The second-order valence-electron chi connectivity index (χ2n) is 5.83. The number of amides is 2. The molecule has 0 saturated carbocycles. The fourth-order valence-electron chi connectivity index (χ4n) is 2.67. The maximum absolute atomic E-state index is 12.7. The number of hydrogen-bond acceptors (Lipinski definition) is 5. The summed E-state index contributed by atoms with van der Waals surface area (Å²) in [7, 11) is 0. The van der Waals surface area contributed by atoms with E-state index in [2.05, 4.69) is 15.6 Å². The molecule has 3 heterocycles. The maximum Gasteiger partial charge on any atom is 0.290 e. The number of carbonyl (C=O) groups excluding carboxylic acids is 2. The van der Waals surface area contributed by atoms with Crippen molar-refractivity contribution >= 4 is 17.5 Å². The van der Waals surface area contributed by atoms with Crippen molar-refractivity contribution in [2.24, 2.45) is 0 Å². The number of aromatic nitrogens is 1. The summed E-state index contributed by atoms with van der Waals surface area (Å²) in [6, 6.07) is 4.75. The molecule has 0 bridgehead atoms. The lowest BCUT2D eigenvalue weighted by molar-refractivity contribution is -0.121. The van der Waals surface area contributed by atoms with Gasteiger partial charge >= 0.3 is 0 Å². The van der Waals surface area contributed by atoms with Crippen molar-refractivity contribution in [3.63, 3.8) is 0 Å². The first-order chi connectivity index (χ1) is 11.6. The number of aryl methyl sites for hydroxylation is 2. The van der Waals surface area contributed by atoms with Crippen molar-refractivity contribution in [1.29, 1.82) is 0 Å². The molecular weight excluding hydrogens is 308 g/mol. The zero-order chi connectivity index (χ0) is 17.1. The van der Waals surface area contributed by atoms with Crippen LogP contribution in [0.15, 0.2) is 35.1 Å². The van der Waals surface area contributed by atoms with Crippen LogP contribution in [0.1, 0.15) is 21.8 Å². The molecule has 126 valence electrons. The molecular formula is C17H20N4O3. The van der Waals surface area contributed by atoms with E-state index in [1.807, 2.05) is 19.9 Å². The molecule has 7 heteroatoms. The van der Waals surface area contributed by atoms with Gasteiger partial charge in [-0.05, 0) is 32.0 Å². The lowest BCUT2D eigenvalue weighted by Crippen LogP contribution is -2.58. The molecule has 1 fully saturated rings. The van der Waals surface area contributed by atoms with Crippen LogP contribution >= 0.6 is 0 Å². The van der Waals surface area contributed by atoms with E-state index in [1.54, 1.807) is 23.2 Å². The van der Waals surface area contributed by atoms with Crippen molar-refractivity contribution in [3.05, 3.63) is 47.7 Å². The Kier molecular flexibility index (Phi) is 4.61. The quantitative estimate of drug-likeness (QED) is 0.888. The van der Waals surface area contributed by atoms with E-state index in [-0.39, 0.29) is 17.6 Å². The summed E-state index contributed by atoms with van der Waals surface area (Å²) in [4.78, 5) is 31.0. The first kappa shape index (κ1) is 16.2. The molecule has 1 atom stereocenters. The fraction of sp³-hybridized carbons (Fsp3) is 0.353. The van der Waals surface area contributed by atoms with Gasteiger partial charge in [-0.3, -0.25) is 14.6 Å². The smallest absolute Gasteiger partial charge is 0.290 e. The second-order valence-corrected chi connectivity index (χ2v) is 5.83. The van der Waals surface area contributed by atoms with Crippen LogP contribution in [-0.2, 0) is 4.79 Å². The van der Waals surface area contributed by atoms with Crippen LogP contribution in [0.2, 0.25) is 0 Å². The Hall–Kier alpha value is -2.67.